The zero-order chi connectivity index (χ0) is 11.5. The predicted octanol–water partition coefficient (Wildman–Crippen LogP) is 1.48. The number of nitrogens with zero attached hydrogens (tertiary/aromatic N) is 4. The van der Waals surface area contributed by atoms with Crippen LogP contribution in [0.2, 0.25) is 0 Å². The molecule has 1 saturated heterocycles. The summed E-state index contributed by atoms with van der Waals surface area (Å²) in [5, 5.41) is 16.1. The van der Waals surface area contributed by atoms with E-state index in [2.05, 4.69) is 20.7 Å². The average Bonchev–Trinajstić information content (AvgIpc) is 2.90. The summed E-state index contributed by atoms with van der Waals surface area (Å²) >= 11 is 0. The van der Waals surface area contributed by atoms with Gasteiger partial charge < -0.3 is 5.32 Å². The van der Waals surface area contributed by atoms with E-state index in [4.69, 9.17) is 0 Å². The van der Waals surface area contributed by atoms with Crippen molar-refractivity contribution in [3.8, 4) is 5.69 Å². The molecule has 2 heterocycles. The number of nitrogens with one attached hydrogen (secondary N) is 1. The molecule has 1 aromatic carbocycles. The third-order valence-corrected chi connectivity index (χ3v) is 3.04. The summed E-state index contributed by atoms with van der Waals surface area (Å²) in [5.41, 5.74) is 0.946. The number of hydrogen-bond donors (Lipinski definition) is 1. The summed E-state index contributed by atoms with van der Waals surface area (Å²) in [6.45, 7) is 1.05. The van der Waals surface area contributed by atoms with Gasteiger partial charge in [0.1, 0.15) is 0 Å². The smallest absolute Gasteiger partial charge is 0.192 e. The van der Waals surface area contributed by atoms with Crippen LogP contribution in [0.15, 0.2) is 30.3 Å². The normalized spacial score (nSPS) is 20.4. The molecule has 1 fully saturated rings. The summed E-state index contributed by atoms with van der Waals surface area (Å²) in [4.78, 5) is 1.59. The van der Waals surface area contributed by atoms with Crippen molar-refractivity contribution in [3.05, 3.63) is 36.2 Å². The van der Waals surface area contributed by atoms with Crippen molar-refractivity contribution in [2.45, 2.75) is 25.3 Å². The van der Waals surface area contributed by atoms with Crippen LogP contribution in [-0.2, 0) is 0 Å². The molecule has 3 rings (SSSR count). The minimum absolute atomic E-state index is 0.265. The fraction of sp³-hybridized carbons (Fsp3) is 0.417. The van der Waals surface area contributed by atoms with Crippen molar-refractivity contribution in [3.63, 3.8) is 0 Å². The van der Waals surface area contributed by atoms with Gasteiger partial charge in [0.2, 0.25) is 0 Å². The Morgan fingerprint density at radius 1 is 1.18 bits per heavy atom. The van der Waals surface area contributed by atoms with Crippen LogP contribution in [-0.4, -0.2) is 26.8 Å². The van der Waals surface area contributed by atoms with Crippen LogP contribution in [0.4, 0.5) is 0 Å². The highest BCUT2D eigenvalue weighted by atomic mass is 15.6. The number of aromatic nitrogens is 4. The first kappa shape index (κ1) is 10.4. The van der Waals surface area contributed by atoms with Gasteiger partial charge in [-0.3, -0.25) is 0 Å². The molecule has 1 aliphatic rings. The third-order valence-electron chi connectivity index (χ3n) is 3.04. The molecule has 1 unspecified atom stereocenters. The summed E-state index contributed by atoms with van der Waals surface area (Å²) in [6, 6.07) is 10.1. The Bertz CT molecular complexity index is 473. The van der Waals surface area contributed by atoms with Crippen molar-refractivity contribution in [2.24, 2.45) is 0 Å². The molecular formula is C12H15N5. The first-order chi connectivity index (χ1) is 8.43. The second-order valence-corrected chi connectivity index (χ2v) is 4.28. The number of hydrogen-bond acceptors (Lipinski definition) is 4. The lowest BCUT2D eigenvalue weighted by atomic mass is 10.1. The lowest BCUT2D eigenvalue weighted by molar-refractivity contribution is 0.397. The molecule has 0 bridgehead atoms. The minimum Gasteiger partial charge on any atom is -0.307 e. The molecule has 1 N–H and O–H groups in total. The molecule has 88 valence electrons. The first-order valence-corrected chi connectivity index (χ1v) is 6.02. The monoisotopic (exact) mass is 229 g/mol. The Balaban J connectivity index is 1.83. The highest BCUT2D eigenvalue weighted by Gasteiger charge is 2.19. The van der Waals surface area contributed by atoms with Crippen LogP contribution < -0.4 is 5.32 Å². The summed E-state index contributed by atoms with van der Waals surface area (Å²) in [7, 11) is 0. The van der Waals surface area contributed by atoms with E-state index in [0.717, 1.165) is 24.5 Å². The van der Waals surface area contributed by atoms with Gasteiger partial charge in [0.25, 0.3) is 0 Å². The van der Waals surface area contributed by atoms with Crippen LogP contribution in [0.25, 0.3) is 5.69 Å². The molecule has 1 aliphatic heterocycles. The van der Waals surface area contributed by atoms with Gasteiger partial charge in [0, 0.05) is 0 Å². The molecule has 0 saturated carbocycles. The van der Waals surface area contributed by atoms with Crippen LogP contribution >= 0.6 is 0 Å². The largest absolute Gasteiger partial charge is 0.307 e. The maximum atomic E-state index is 4.44. The van der Waals surface area contributed by atoms with Crippen molar-refractivity contribution in [1.82, 2.24) is 25.5 Å². The summed E-state index contributed by atoms with van der Waals surface area (Å²) in [6.07, 6.45) is 3.57. The van der Waals surface area contributed by atoms with E-state index in [1.165, 1.54) is 12.8 Å². The molecular weight excluding hydrogens is 214 g/mol. The topological polar surface area (TPSA) is 55.6 Å². The van der Waals surface area contributed by atoms with E-state index in [1.807, 2.05) is 30.3 Å². The quantitative estimate of drug-likeness (QED) is 0.847. The molecule has 5 heteroatoms. The summed E-state index contributed by atoms with van der Waals surface area (Å²) < 4.78 is 0. The van der Waals surface area contributed by atoms with Crippen LogP contribution in [0.3, 0.4) is 0 Å². The minimum atomic E-state index is 0.265. The van der Waals surface area contributed by atoms with Crippen molar-refractivity contribution in [1.29, 1.82) is 0 Å². The fourth-order valence-corrected chi connectivity index (χ4v) is 2.11. The fourth-order valence-electron chi connectivity index (χ4n) is 2.11. The third kappa shape index (κ3) is 2.19. The zero-order valence-corrected chi connectivity index (χ0v) is 9.58. The van der Waals surface area contributed by atoms with Gasteiger partial charge in [-0.05, 0) is 36.7 Å². The van der Waals surface area contributed by atoms with E-state index < -0.39 is 0 Å². The van der Waals surface area contributed by atoms with Gasteiger partial charge in [-0.2, -0.15) is 0 Å². The Morgan fingerprint density at radius 2 is 2.06 bits per heavy atom. The average molecular weight is 229 g/mol. The maximum Gasteiger partial charge on any atom is 0.192 e. The molecule has 1 atom stereocenters. The first-order valence-electron chi connectivity index (χ1n) is 6.02. The Morgan fingerprint density at radius 3 is 2.82 bits per heavy atom. The van der Waals surface area contributed by atoms with Crippen molar-refractivity contribution in [2.75, 3.05) is 6.54 Å². The number of piperidine rings is 1. The molecule has 0 amide bonds. The molecule has 0 aliphatic carbocycles. The predicted molar refractivity (Wildman–Crippen MR) is 63.7 cm³/mol. The molecule has 0 radical (unpaired) electrons. The maximum absolute atomic E-state index is 4.44. The Hall–Kier alpha value is -1.75. The zero-order valence-electron chi connectivity index (χ0n) is 9.58. The van der Waals surface area contributed by atoms with Gasteiger partial charge >= 0.3 is 0 Å². The van der Waals surface area contributed by atoms with Crippen molar-refractivity contribution >= 4 is 0 Å². The van der Waals surface area contributed by atoms with E-state index >= 15 is 0 Å². The highest BCUT2D eigenvalue weighted by molar-refractivity contribution is 5.28. The van der Waals surface area contributed by atoms with Gasteiger partial charge in [0.15, 0.2) is 5.82 Å². The molecule has 5 nitrogen and oxygen atoms in total. The lowest BCUT2D eigenvalue weighted by Crippen LogP contribution is -2.27. The van der Waals surface area contributed by atoms with E-state index in [1.54, 1.807) is 4.80 Å². The number of para-hydroxylation sites is 1. The number of tetrazole rings is 1. The van der Waals surface area contributed by atoms with E-state index in [-0.39, 0.29) is 6.04 Å². The standard InChI is InChI=1S/C12H15N5/c1-2-6-10(7-3-1)17-15-12(14-16-17)11-8-4-5-9-13-11/h1-3,6-7,11,13H,4-5,8-9H2. The number of rotatable bonds is 2. The lowest BCUT2D eigenvalue weighted by Gasteiger charge is -2.19. The van der Waals surface area contributed by atoms with Gasteiger partial charge in [0.05, 0.1) is 11.7 Å². The molecule has 2 aromatic rings. The second-order valence-electron chi connectivity index (χ2n) is 4.28. The Labute approximate surface area is 99.8 Å². The SMILES string of the molecule is c1ccc(-n2nnc(C3CCCCN3)n2)cc1. The van der Waals surface area contributed by atoms with Crippen molar-refractivity contribution < 1.29 is 0 Å². The molecule has 0 spiro atoms. The number of benzene rings is 1. The summed E-state index contributed by atoms with van der Waals surface area (Å²) in [5.74, 6) is 0.800. The van der Waals surface area contributed by atoms with E-state index in [9.17, 15) is 0 Å². The highest BCUT2D eigenvalue weighted by Crippen LogP contribution is 2.19. The Kier molecular flexibility index (Phi) is 2.83. The van der Waals surface area contributed by atoms with Gasteiger partial charge in [-0.1, -0.05) is 24.6 Å². The van der Waals surface area contributed by atoms with Gasteiger partial charge in [-0.25, -0.2) is 0 Å². The van der Waals surface area contributed by atoms with E-state index in [0.29, 0.717) is 0 Å². The molecule has 17 heavy (non-hydrogen) atoms. The van der Waals surface area contributed by atoms with Gasteiger partial charge in [-0.15, -0.1) is 15.0 Å². The van der Waals surface area contributed by atoms with Crippen LogP contribution in [0, 0.1) is 0 Å². The van der Waals surface area contributed by atoms with Crippen LogP contribution in [0.1, 0.15) is 31.1 Å². The van der Waals surface area contributed by atoms with Crippen LogP contribution in [0.5, 0.6) is 0 Å². The molecule has 1 aromatic heterocycles. The second kappa shape index (κ2) is 4.63.